The van der Waals surface area contributed by atoms with Gasteiger partial charge in [0.2, 0.25) is 0 Å². The Kier molecular flexibility index (Phi) is 4.10. The van der Waals surface area contributed by atoms with Gasteiger partial charge in [0.15, 0.2) is 5.69 Å². The molecule has 0 aliphatic carbocycles. The molecule has 0 amide bonds. The molecule has 0 aliphatic rings. The van der Waals surface area contributed by atoms with Crippen LogP contribution in [0.1, 0.15) is 17.0 Å². The lowest BCUT2D eigenvalue weighted by Gasteiger charge is -2.07. The fourth-order valence-electron chi connectivity index (χ4n) is 1.78. The van der Waals surface area contributed by atoms with E-state index in [4.69, 9.17) is 9.84 Å². The van der Waals surface area contributed by atoms with Crippen molar-refractivity contribution in [3.05, 3.63) is 47.3 Å². The van der Waals surface area contributed by atoms with Gasteiger partial charge in [-0.3, -0.25) is 0 Å². The zero-order chi connectivity index (χ0) is 14.8. The molecule has 1 aromatic carbocycles. The lowest BCUT2D eigenvalue weighted by molar-refractivity contribution is -0.141. The summed E-state index contributed by atoms with van der Waals surface area (Å²) in [6.07, 6.45) is -4.50. The van der Waals surface area contributed by atoms with Crippen molar-refractivity contribution >= 4 is 0 Å². The highest BCUT2D eigenvalue weighted by atomic mass is 19.4. The number of rotatable bonds is 4. The summed E-state index contributed by atoms with van der Waals surface area (Å²) >= 11 is 0. The number of alkyl halides is 3. The lowest BCUT2D eigenvalue weighted by Crippen LogP contribution is -2.08. The summed E-state index contributed by atoms with van der Waals surface area (Å²) in [6, 6.07) is 7.40. The van der Waals surface area contributed by atoms with E-state index in [0.717, 1.165) is 6.07 Å². The van der Waals surface area contributed by atoms with Crippen LogP contribution in [-0.4, -0.2) is 22.0 Å². The molecule has 108 valence electrons. The summed E-state index contributed by atoms with van der Waals surface area (Å²) in [5.74, 6) is 0. The third-order valence-corrected chi connectivity index (χ3v) is 2.73. The Morgan fingerprint density at radius 1 is 1.25 bits per heavy atom. The number of methoxy groups -OCH3 is 1. The quantitative estimate of drug-likeness (QED) is 0.939. The van der Waals surface area contributed by atoms with Crippen LogP contribution in [0, 0.1) is 0 Å². The zero-order valence-electron chi connectivity index (χ0n) is 10.7. The van der Waals surface area contributed by atoms with E-state index in [1.165, 1.54) is 11.8 Å². The van der Waals surface area contributed by atoms with Crippen molar-refractivity contribution in [2.75, 3.05) is 7.11 Å². The van der Waals surface area contributed by atoms with Gasteiger partial charge in [0.05, 0.1) is 24.6 Å². The van der Waals surface area contributed by atoms with Crippen LogP contribution >= 0.6 is 0 Å². The van der Waals surface area contributed by atoms with E-state index in [1.54, 1.807) is 24.3 Å². The minimum atomic E-state index is -4.50. The van der Waals surface area contributed by atoms with Crippen LogP contribution in [0.15, 0.2) is 30.3 Å². The molecular weight excluding hydrogens is 273 g/mol. The third-order valence-electron chi connectivity index (χ3n) is 2.73. The first kappa shape index (κ1) is 14.5. The normalized spacial score (nSPS) is 11.8. The number of nitrogens with zero attached hydrogens (tertiary/aromatic N) is 2. The second kappa shape index (κ2) is 5.64. The molecule has 20 heavy (non-hydrogen) atoms. The maximum Gasteiger partial charge on any atom is 0.435 e. The molecule has 1 N–H and O–H groups in total. The van der Waals surface area contributed by atoms with Gasteiger partial charge < -0.3 is 9.84 Å². The zero-order valence-corrected chi connectivity index (χ0v) is 10.7. The van der Waals surface area contributed by atoms with Gasteiger partial charge in [-0.2, -0.15) is 18.3 Å². The summed E-state index contributed by atoms with van der Waals surface area (Å²) in [4.78, 5) is 0. The van der Waals surface area contributed by atoms with Crippen molar-refractivity contribution < 1.29 is 23.0 Å². The number of hydrogen-bond acceptors (Lipinski definition) is 3. The Balaban J connectivity index is 2.44. The van der Waals surface area contributed by atoms with Crippen molar-refractivity contribution in [1.82, 2.24) is 9.78 Å². The Morgan fingerprint density at radius 3 is 2.40 bits per heavy atom. The van der Waals surface area contributed by atoms with Gasteiger partial charge in [0.25, 0.3) is 0 Å². The lowest BCUT2D eigenvalue weighted by atomic mass is 10.2. The molecule has 7 heteroatoms. The highest BCUT2D eigenvalue weighted by Gasteiger charge is 2.35. The van der Waals surface area contributed by atoms with E-state index in [1.807, 2.05) is 0 Å². The van der Waals surface area contributed by atoms with Gasteiger partial charge in [-0.15, -0.1) is 0 Å². The molecule has 0 saturated carbocycles. The van der Waals surface area contributed by atoms with E-state index < -0.39 is 11.9 Å². The molecule has 0 aliphatic heterocycles. The van der Waals surface area contributed by atoms with Gasteiger partial charge in [-0.05, 0) is 23.8 Å². The molecule has 0 unspecified atom stereocenters. The minimum absolute atomic E-state index is 0.0187. The average Bonchev–Trinajstić information content (AvgIpc) is 2.83. The van der Waals surface area contributed by atoms with Crippen molar-refractivity contribution in [2.24, 2.45) is 0 Å². The molecular formula is C13H13F3N2O2. The summed E-state index contributed by atoms with van der Waals surface area (Å²) in [5.41, 5.74) is 0.488. The Bertz CT molecular complexity index is 576. The maximum atomic E-state index is 12.7. The molecule has 4 nitrogen and oxygen atoms in total. The third kappa shape index (κ3) is 3.00. The molecule has 1 heterocycles. The van der Waals surface area contributed by atoms with E-state index in [0.29, 0.717) is 16.9 Å². The summed E-state index contributed by atoms with van der Waals surface area (Å²) < 4.78 is 44.2. The topological polar surface area (TPSA) is 47.3 Å². The van der Waals surface area contributed by atoms with Crippen LogP contribution in [-0.2, 0) is 24.1 Å². The van der Waals surface area contributed by atoms with Crippen molar-refractivity contribution in [2.45, 2.75) is 19.4 Å². The van der Waals surface area contributed by atoms with E-state index >= 15 is 0 Å². The second-order valence-corrected chi connectivity index (χ2v) is 4.19. The molecule has 0 saturated heterocycles. The molecule has 2 aromatic rings. The molecule has 0 fully saturated rings. The molecule has 0 atom stereocenters. The average molecular weight is 286 g/mol. The highest BCUT2D eigenvalue weighted by Crippen LogP contribution is 2.29. The summed E-state index contributed by atoms with van der Waals surface area (Å²) in [7, 11) is 1.40. The molecule has 2 rings (SSSR count). The van der Waals surface area contributed by atoms with Crippen molar-refractivity contribution in [1.29, 1.82) is 0 Å². The monoisotopic (exact) mass is 286 g/mol. The number of aromatic nitrogens is 2. The van der Waals surface area contributed by atoms with E-state index in [9.17, 15) is 13.2 Å². The van der Waals surface area contributed by atoms with Gasteiger partial charge in [0.1, 0.15) is 0 Å². The largest absolute Gasteiger partial charge is 0.435 e. The predicted octanol–water partition coefficient (Wildman–Crippen LogP) is 2.53. The van der Waals surface area contributed by atoms with Gasteiger partial charge in [0, 0.05) is 7.11 Å². The fraction of sp³-hybridized carbons (Fsp3) is 0.308. The molecule has 0 radical (unpaired) electrons. The Labute approximate surface area is 113 Å². The van der Waals surface area contributed by atoms with Crippen LogP contribution < -0.4 is 0 Å². The smallest absolute Gasteiger partial charge is 0.392 e. The van der Waals surface area contributed by atoms with E-state index in [2.05, 4.69) is 5.10 Å². The number of aliphatic hydroxyl groups excluding tert-OH is 1. The maximum absolute atomic E-state index is 12.7. The fourth-order valence-corrected chi connectivity index (χ4v) is 1.78. The van der Waals surface area contributed by atoms with Crippen LogP contribution in [0.2, 0.25) is 0 Å². The van der Waals surface area contributed by atoms with Crippen LogP contribution in [0.5, 0.6) is 0 Å². The molecule has 0 bridgehead atoms. The van der Waals surface area contributed by atoms with Crippen molar-refractivity contribution in [3.8, 4) is 5.69 Å². The first-order chi connectivity index (χ1) is 9.45. The second-order valence-electron chi connectivity index (χ2n) is 4.19. The van der Waals surface area contributed by atoms with Crippen LogP contribution in [0.25, 0.3) is 5.69 Å². The Morgan fingerprint density at radius 2 is 1.90 bits per heavy atom. The van der Waals surface area contributed by atoms with Crippen LogP contribution in [0.4, 0.5) is 13.2 Å². The number of hydrogen-bond donors (Lipinski definition) is 1. The van der Waals surface area contributed by atoms with Gasteiger partial charge >= 0.3 is 6.18 Å². The van der Waals surface area contributed by atoms with Gasteiger partial charge in [-0.25, -0.2) is 4.68 Å². The number of aliphatic hydroxyl groups is 1. The SMILES string of the molecule is COCc1cc(C(F)(F)F)nn1-c1ccc(CO)cc1. The number of halogens is 3. The van der Waals surface area contributed by atoms with Gasteiger partial charge in [-0.1, -0.05) is 12.1 Å². The molecule has 0 spiro atoms. The summed E-state index contributed by atoms with van der Waals surface area (Å²) in [5, 5.41) is 12.5. The number of ether oxygens (including phenoxy) is 1. The van der Waals surface area contributed by atoms with E-state index in [-0.39, 0.29) is 13.2 Å². The molecule has 1 aromatic heterocycles. The van der Waals surface area contributed by atoms with Crippen LogP contribution in [0.3, 0.4) is 0 Å². The first-order valence-corrected chi connectivity index (χ1v) is 5.81. The first-order valence-electron chi connectivity index (χ1n) is 5.81. The number of benzene rings is 1. The highest BCUT2D eigenvalue weighted by molar-refractivity contribution is 5.36. The minimum Gasteiger partial charge on any atom is -0.392 e. The Hall–Kier alpha value is -1.86. The predicted molar refractivity (Wildman–Crippen MR) is 65.2 cm³/mol. The van der Waals surface area contributed by atoms with Crippen molar-refractivity contribution in [3.63, 3.8) is 0 Å². The standard InChI is InChI=1S/C13H13F3N2O2/c1-20-8-11-6-12(13(14,15)16)17-18(11)10-4-2-9(7-19)3-5-10/h2-6,19H,7-8H2,1H3. The summed E-state index contributed by atoms with van der Waals surface area (Å²) in [6.45, 7) is -0.108.